The van der Waals surface area contributed by atoms with Crippen molar-refractivity contribution in [3.05, 3.63) is 18.2 Å². The number of aromatic nitrogens is 2. The minimum absolute atomic E-state index is 0.248. The Kier molecular flexibility index (Phi) is 2.62. The molecule has 0 aliphatic heterocycles. The van der Waals surface area contributed by atoms with Crippen LogP contribution in [0.2, 0.25) is 0 Å². The van der Waals surface area contributed by atoms with Crippen LogP contribution in [0.5, 0.6) is 0 Å². The van der Waals surface area contributed by atoms with E-state index in [1.165, 1.54) is 0 Å². The Morgan fingerprint density at radius 2 is 2.45 bits per heavy atom. The molecule has 11 heavy (non-hydrogen) atoms. The second kappa shape index (κ2) is 3.50. The summed E-state index contributed by atoms with van der Waals surface area (Å²) < 4.78 is 0. The van der Waals surface area contributed by atoms with Gasteiger partial charge in [0.25, 0.3) is 0 Å². The van der Waals surface area contributed by atoms with Gasteiger partial charge in [0.1, 0.15) is 0 Å². The number of hydrogen-bond acceptors (Lipinski definition) is 3. The van der Waals surface area contributed by atoms with E-state index in [0.717, 1.165) is 5.69 Å². The summed E-state index contributed by atoms with van der Waals surface area (Å²) in [5, 5.41) is 0. The molecule has 4 heteroatoms. The van der Waals surface area contributed by atoms with E-state index in [1.54, 1.807) is 12.5 Å². The third-order valence-corrected chi connectivity index (χ3v) is 1.72. The van der Waals surface area contributed by atoms with Gasteiger partial charge in [-0.2, -0.15) is 0 Å². The number of nitrogens with one attached hydrogen (secondary N) is 1. The molecule has 4 nitrogen and oxygen atoms in total. The molecule has 0 aliphatic rings. The summed E-state index contributed by atoms with van der Waals surface area (Å²) in [7, 11) is 4.00. The predicted molar refractivity (Wildman–Crippen MR) is 44.1 cm³/mol. The Hall–Kier alpha value is -0.870. The summed E-state index contributed by atoms with van der Waals surface area (Å²) in [5.74, 6) is 0. The Labute approximate surface area is 66.4 Å². The van der Waals surface area contributed by atoms with Crippen LogP contribution in [0, 0.1) is 0 Å². The normalized spacial score (nSPS) is 13.8. The number of nitrogens with zero attached hydrogens (tertiary/aromatic N) is 2. The lowest BCUT2D eigenvalue weighted by atomic mass is 10.2. The highest BCUT2D eigenvalue weighted by Crippen LogP contribution is 2.11. The second-order valence-electron chi connectivity index (χ2n) is 2.72. The second-order valence-corrected chi connectivity index (χ2v) is 2.72. The van der Waals surface area contributed by atoms with E-state index in [0.29, 0.717) is 6.54 Å². The molecule has 3 N–H and O–H groups in total. The molecular weight excluding hydrogens is 140 g/mol. The SMILES string of the molecule is CN(C)C(CN)c1cnc[nH]1. The maximum Gasteiger partial charge on any atom is 0.0922 e. The van der Waals surface area contributed by atoms with Crippen LogP contribution in [0.3, 0.4) is 0 Å². The standard InChI is InChI=1S/C7H14N4/c1-11(2)7(3-8)6-4-9-5-10-6/h4-5,7H,3,8H2,1-2H3,(H,9,10). The fourth-order valence-corrected chi connectivity index (χ4v) is 1.06. The number of imidazole rings is 1. The summed E-state index contributed by atoms with van der Waals surface area (Å²) in [6.07, 6.45) is 3.47. The first-order chi connectivity index (χ1) is 5.25. The van der Waals surface area contributed by atoms with Crippen molar-refractivity contribution >= 4 is 0 Å². The molecule has 0 aromatic carbocycles. The van der Waals surface area contributed by atoms with Crippen LogP contribution in [-0.4, -0.2) is 35.5 Å². The fraction of sp³-hybridized carbons (Fsp3) is 0.571. The smallest absolute Gasteiger partial charge is 0.0922 e. The van der Waals surface area contributed by atoms with Crippen LogP contribution in [0.25, 0.3) is 0 Å². The van der Waals surface area contributed by atoms with Crippen LogP contribution < -0.4 is 5.73 Å². The molecule has 1 rings (SSSR count). The monoisotopic (exact) mass is 154 g/mol. The largest absolute Gasteiger partial charge is 0.347 e. The van der Waals surface area contributed by atoms with Crippen molar-refractivity contribution < 1.29 is 0 Å². The molecule has 62 valence electrons. The number of rotatable bonds is 3. The molecular formula is C7H14N4. The van der Waals surface area contributed by atoms with Crippen molar-refractivity contribution in [1.29, 1.82) is 0 Å². The van der Waals surface area contributed by atoms with Gasteiger partial charge in [-0.05, 0) is 14.1 Å². The first-order valence-corrected chi connectivity index (χ1v) is 3.60. The van der Waals surface area contributed by atoms with Gasteiger partial charge in [0, 0.05) is 12.7 Å². The summed E-state index contributed by atoms with van der Waals surface area (Å²) in [6, 6.07) is 0.248. The summed E-state index contributed by atoms with van der Waals surface area (Å²) >= 11 is 0. The zero-order chi connectivity index (χ0) is 8.27. The van der Waals surface area contributed by atoms with Gasteiger partial charge in [-0.1, -0.05) is 0 Å². The van der Waals surface area contributed by atoms with Gasteiger partial charge in [0.05, 0.1) is 18.1 Å². The predicted octanol–water partition coefficient (Wildman–Crippen LogP) is -0.0289. The van der Waals surface area contributed by atoms with E-state index in [4.69, 9.17) is 5.73 Å². The van der Waals surface area contributed by atoms with Crippen LogP contribution in [0.1, 0.15) is 11.7 Å². The van der Waals surface area contributed by atoms with Gasteiger partial charge in [-0.3, -0.25) is 4.90 Å². The zero-order valence-electron chi connectivity index (χ0n) is 6.91. The van der Waals surface area contributed by atoms with E-state index in [-0.39, 0.29) is 6.04 Å². The van der Waals surface area contributed by atoms with E-state index in [2.05, 4.69) is 14.9 Å². The Morgan fingerprint density at radius 1 is 1.73 bits per heavy atom. The van der Waals surface area contributed by atoms with Gasteiger partial charge in [-0.25, -0.2) is 4.98 Å². The molecule has 1 unspecified atom stereocenters. The van der Waals surface area contributed by atoms with Gasteiger partial charge in [-0.15, -0.1) is 0 Å². The van der Waals surface area contributed by atoms with E-state index < -0.39 is 0 Å². The van der Waals surface area contributed by atoms with Gasteiger partial charge in [0.15, 0.2) is 0 Å². The zero-order valence-corrected chi connectivity index (χ0v) is 6.91. The van der Waals surface area contributed by atoms with Crippen molar-refractivity contribution in [3.8, 4) is 0 Å². The van der Waals surface area contributed by atoms with Crippen LogP contribution in [0.15, 0.2) is 12.5 Å². The number of nitrogens with two attached hydrogens (primary N) is 1. The van der Waals surface area contributed by atoms with E-state index >= 15 is 0 Å². The van der Waals surface area contributed by atoms with Crippen molar-refractivity contribution in [2.75, 3.05) is 20.6 Å². The lowest BCUT2D eigenvalue weighted by Gasteiger charge is -2.20. The summed E-state index contributed by atoms with van der Waals surface area (Å²) in [6.45, 7) is 0.606. The molecule has 1 aromatic rings. The van der Waals surface area contributed by atoms with Crippen molar-refractivity contribution in [3.63, 3.8) is 0 Å². The summed E-state index contributed by atoms with van der Waals surface area (Å²) in [5.41, 5.74) is 6.64. The minimum Gasteiger partial charge on any atom is -0.347 e. The molecule has 1 heterocycles. The Bertz CT molecular complexity index is 192. The Morgan fingerprint density at radius 3 is 2.82 bits per heavy atom. The number of hydrogen-bond donors (Lipinski definition) is 2. The Balaban J connectivity index is 2.71. The van der Waals surface area contributed by atoms with Crippen LogP contribution in [-0.2, 0) is 0 Å². The van der Waals surface area contributed by atoms with Gasteiger partial charge in [0.2, 0.25) is 0 Å². The summed E-state index contributed by atoms with van der Waals surface area (Å²) in [4.78, 5) is 9.04. The quantitative estimate of drug-likeness (QED) is 0.643. The van der Waals surface area contributed by atoms with Crippen LogP contribution in [0.4, 0.5) is 0 Å². The highest BCUT2D eigenvalue weighted by molar-refractivity contribution is 5.02. The molecule has 0 spiro atoms. The van der Waals surface area contributed by atoms with Crippen molar-refractivity contribution in [2.45, 2.75) is 6.04 Å². The number of aromatic amines is 1. The lowest BCUT2D eigenvalue weighted by Crippen LogP contribution is -2.27. The average Bonchev–Trinajstić information content (AvgIpc) is 2.40. The maximum atomic E-state index is 5.58. The van der Waals surface area contributed by atoms with Gasteiger partial charge >= 0.3 is 0 Å². The average molecular weight is 154 g/mol. The third kappa shape index (κ3) is 1.78. The molecule has 1 atom stereocenters. The molecule has 0 radical (unpaired) electrons. The number of H-pyrrole nitrogens is 1. The number of likely N-dealkylation sites (N-methyl/N-ethyl adjacent to an activating group) is 1. The molecule has 0 aliphatic carbocycles. The molecule has 1 aromatic heterocycles. The first-order valence-electron chi connectivity index (χ1n) is 3.60. The fourth-order valence-electron chi connectivity index (χ4n) is 1.06. The molecule has 0 amide bonds. The highest BCUT2D eigenvalue weighted by atomic mass is 15.1. The molecule has 0 fully saturated rings. The van der Waals surface area contributed by atoms with E-state index in [1.807, 2.05) is 14.1 Å². The third-order valence-electron chi connectivity index (χ3n) is 1.72. The molecule has 0 saturated heterocycles. The minimum atomic E-state index is 0.248. The molecule has 0 saturated carbocycles. The first kappa shape index (κ1) is 8.23. The highest BCUT2D eigenvalue weighted by Gasteiger charge is 2.11. The van der Waals surface area contributed by atoms with Crippen molar-refractivity contribution in [1.82, 2.24) is 14.9 Å². The van der Waals surface area contributed by atoms with Gasteiger partial charge < -0.3 is 10.7 Å². The van der Waals surface area contributed by atoms with Crippen molar-refractivity contribution in [2.24, 2.45) is 5.73 Å². The lowest BCUT2D eigenvalue weighted by molar-refractivity contribution is 0.301. The van der Waals surface area contributed by atoms with Crippen LogP contribution >= 0.6 is 0 Å². The molecule has 0 bridgehead atoms. The maximum absolute atomic E-state index is 5.58. The topological polar surface area (TPSA) is 57.9 Å². The van der Waals surface area contributed by atoms with E-state index in [9.17, 15) is 0 Å².